The van der Waals surface area contributed by atoms with Crippen LogP contribution < -0.4 is 5.32 Å². The Morgan fingerprint density at radius 3 is 3.12 bits per heavy atom. The Labute approximate surface area is 151 Å². The van der Waals surface area contributed by atoms with Crippen LogP contribution >= 0.6 is 11.6 Å². The highest BCUT2D eigenvalue weighted by molar-refractivity contribution is 6.30. The maximum absolute atomic E-state index is 12.8. The molecule has 3 heterocycles. The van der Waals surface area contributed by atoms with Crippen molar-refractivity contribution >= 4 is 23.3 Å². The largest absolute Gasteiger partial charge is 0.372 e. The molecule has 4 rings (SSSR count). The number of amides is 2. The second kappa shape index (κ2) is 6.69. The smallest absolute Gasteiger partial charge is 0.322 e. The zero-order valence-electron chi connectivity index (χ0n) is 14.1. The van der Waals surface area contributed by atoms with Gasteiger partial charge in [0.2, 0.25) is 0 Å². The third kappa shape index (κ3) is 3.24. The van der Waals surface area contributed by atoms with Gasteiger partial charge in [-0.2, -0.15) is 5.10 Å². The van der Waals surface area contributed by atoms with E-state index in [-0.39, 0.29) is 18.2 Å². The molecular weight excluding hydrogens is 340 g/mol. The number of carbonyl (C=O) groups excluding carboxylic acids is 1. The van der Waals surface area contributed by atoms with E-state index in [4.69, 9.17) is 16.3 Å². The lowest BCUT2D eigenvalue weighted by Crippen LogP contribution is -2.45. The molecule has 2 unspecified atom stereocenters. The van der Waals surface area contributed by atoms with Gasteiger partial charge in [-0.25, -0.2) is 4.79 Å². The molecule has 2 amide bonds. The fraction of sp³-hybridized carbons (Fsp3) is 0.444. The Bertz CT molecular complexity index is 785. The number of anilines is 1. The Kier molecular flexibility index (Phi) is 4.39. The summed E-state index contributed by atoms with van der Waals surface area (Å²) >= 11 is 6.00. The zero-order valence-corrected chi connectivity index (χ0v) is 14.8. The number of aromatic amines is 1. The van der Waals surface area contributed by atoms with Crippen LogP contribution in [-0.2, 0) is 17.7 Å². The van der Waals surface area contributed by atoms with Gasteiger partial charge in [-0.1, -0.05) is 17.7 Å². The summed E-state index contributed by atoms with van der Waals surface area (Å²) in [5, 5.41) is 11.2. The highest BCUT2D eigenvalue weighted by Gasteiger charge is 2.33. The molecule has 25 heavy (non-hydrogen) atoms. The third-order valence-electron chi connectivity index (χ3n) is 4.92. The average Bonchev–Trinajstić information content (AvgIpc) is 3.22. The molecule has 2 N–H and O–H groups in total. The summed E-state index contributed by atoms with van der Waals surface area (Å²) in [6.07, 6.45) is 2.85. The second-order valence-corrected chi connectivity index (χ2v) is 7.13. The minimum atomic E-state index is -0.125. The molecule has 1 aromatic carbocycles. The molecule has 1 saturated heterocycles. The quantitative estimate of drug-likeness (QED) is 0.853. The van der Waals surface area contributed by atoms with Crippen molar-refractivity contribution in [2.24, 2.45) is 0 Å². The van der Waals surface area contributed by atoms with Crippen LogP contribution in [-0.4, -0.2) is 33.8 Å². The predicted octanol–water partition coefficient (Wildman–Crippen LogP) is 3.89. The molecule has 2 aliphatic heterocycles. The first-order valence-electron chi connectivity index (χ1n) is 8.62. The number of nitrogens with one attached hydrogen (secondary N) is 2. The standard InChI is InChI=1S/C18H21ClN4O2/c1-11-8-15-14(17(22-21-15)16-6-3-7-25-16)10-23(11)18(24)20-13-5-2-4-12(19)9-13/h2,4-5,9,11,16H,3,6-8,10H2,1H3,(H,20,24)(H,21,22). The van der Waals surface area contributed by atoms with Crippen LogP contribution in [0.2, 0.25) is 5.02 Å². The average molecular weight is 361 g/mol. The summed E-state index contributed by atoms with van der Waals surface area (Å²) in [5.41, 5.74) is 3.87. The predicted molar refractivity (Wildman–Crippen MR) is 95.7 cm³/mol. The first-order chi connectivity index (χ1) is 12.1. The highest BCUT2D eigenvalue weighted by atomic mass is 35.5. The Hall–Kier alpha value is -2.05. The van der Waals surface area contributed by atoms with Crippen LogP contribution in [0.5, 0.6) is 0 Å². The van der Waals surface area contributed by atoms with Gasteiger partial charge in [-0.3, -0.25) is 5.10 Å². The summed E-state index contributed by atoms with van der Waals surface area (Å²) < 4.78 is 5.78. The van der Waals surface area contributed by atoms with E-state index in [0.29, 0.717) is 17.3 Å². The van der Waals surface area contributed by atoms with Crippen molar-refractivity contribution < 1.29 is 9.53 Å². The number of hydrogen-bond donors (Lipinski definition) is 2. The van der Waals surface area contributed by atoms with Gasteiger partial charge in [0, 0.05) is 41.0 Å². The lowest BCUT2D eigenvalue weighted by molar-refractivity contribution is 0.106. The van der Waals surface area contributed by atoms with Crippen LogP contribution in [0, 0.1) is 0 Å². The fourth-order valence-corrected chi connectivity index (χ4v) is 3.78. The van der Waals surface area contributed by atoms with Gasteiger partial charge in [0.15, 0.2) is 0 Å². The number of hydrogen-bond acceptors (Lipinski definition) is 3. The van der Waals surface area contributed by atoms with Crippen molar-refractivity contribution in [1.29, 1.82) is 0 Å². The zero-order chi connectivity index (χ0) is 17.4. The number of fused-ring (bicyclic) bond motifs is 1. The molecule has 0 bridgehead atoms. The van der Waals surface area contributed by atoms with E-state index >= 15 is 0 Å². The molecule has 132 valence electrons. The van der Waals surface area contributed by atoms with Gasteiger partial charge in [-0.05, 0) is 38.0 Å². The van der Waals surface area contributed by atoms with E-state index in [2.05, 4.69) is 15.5 Å². The molecule has 0 radical (unpaired) electrons. The summed E-state index contributed by atoms with van der Waals surface area (Å²) in [4.78, 5) is 14.6. The molecule has 1 aromatic heterocycles. The lowest BCUT2D eigenvalue weighted by Gasteiger charge is -2.33. The van der Waals surface area contributed by atoms with Gasteiger partial charge in [0.1, 0.15) is 6.10 Å². The molecular formula is C18H21ClN4O2. The summed E-state index contributed by atoms with van der Waals surface area (Å²) in [5.74, 6) is 0. The first kappa shape index (κ1) is 16.4. The topological polar surface area (TPSA) is 70.2 Å². The number of carbonyl (C=O) groups is 1. The Morgan fingerprint density at radius 2 is 2.36 bits per heavy atom. The molecule has 0 saturated carbocycles. The van der Waals surface area contributed by atoms with E-state index < -0.39 is 0 Å². The molecule has 2 aliphatic rings. The Morgan fingerprint density at radius 1 is 1.48 bits per heavy atom. The molecule has 0 aliphatic carbocycles. The highest BCUT2D eigenvalue weighted by Crippen LogP contribution is 2.34. The molecule has 0 spiro atoms. The number of benzene rings is 1. The van der Waals surface area contributed by atoms with Crippen molar-refractivity contribution in [3.05, 3.63) is 46.2 Å². The number of ether oxygens (including phenoxy) is 1. The van der Waals surface area contributed by atoms with E-state index in [1.54, 1.807) is 12.1 Å². The third-order valence-corrected chi connectivity index (χ3v) is 5.15. The number of urea groups is 1. The lowest BCUT2D eigenvalue weighted by atomic mass is 9.97. The number of halogens is 1. The molecule has 1 fully saturated rings. The van der Waals surface area contributed by atoms with E-state index in [0.717, 1.165) is 42.8 Å². The SMILES string of the molecule is CC1Cc2[nH]nc(C3CCCO3)c2CN1C(=O)Nc1cccc(Cl)c1. The minimum Gasteiger partial charge on any atom is -0.372 e. The summed E-state index contributed by atoms with van der Waals surface area (Å²) in [6, 6.07) is 7.15. The second-order valence-electron chi connectivity index (χ2n) is 6.69. The van der Waals surface area contributed by atoms with Crippen LogP contribution in [0.4, 0.5) is 10.5 Å². The number of aromatic nitrogens is 2. The van der Waals surface area contributed by atoms with Gasteiger partial charge in [0.05, 0.1) is 12.2 Å². The van der Waals surface area contributed by atoms with Crippen molar-refractivity contribution in [3.63, 3.8) is 0 Å². The number of H-pyrrole nitrogens is 1. The molecule has 7 heteroatoms. The van der Waals surface area contributed by atoms with Crippen LogP contribution in [0.1, 0.15) is 42.8 Å². The van der Waals surface area contributed by atoms with Crippen LogP contribution in [0.25, 0.3) is 0 Å². The van der Waals surface area contributed by atoms with Crippen LogP contribution in [0.15, 0.2) is 24.3 Å². The maximum atomic E-state index is 12.8. The van der Waals surface area contributed by atoms with Crippen molar-refractivity contribution in [1.82, 2.24) is 15.1 Å². The number of rotatable bonds is 2. The van der Waals surface area contributed by atoms with Gasteiger partial charge < -0.3 is 15.0 Å². The van der Waals surface area contributed by atoms with E-state index in [1.807, 2.05) is 24.0 Å². The normalized spacial score (nSPS) is 22.7. The molecule has 2 atom stereocenters. The van der Waals surface area contributed by atoms with Crippen LogP contribution in [0.3, 0.4) is 0 Å². The van der Waals surface area contributed by atoms with Gasteiger partial charge in [0.25, 0.3) is 0 Å². The monoisotopic (exact) mass is 360 g/mol. The van der Waals surface area contributed by atoms with E-state index in [1.165, 1.54) is 0 Å². The summed E-state index contributed by atoms with van der Waals surface area (Å²) in [7, 11) is 0. The fourth-order valence-electron chi connectivity index (χ4n) is 3.59. The summed E-state index contributed by atoms with van der Waals surface area (Å²) in [6.45, 7) is 3.36. The van der Waals surface area contributed by atoms with Crippen molar-refractivity contribution in [2.45, 2.75) is 44.9 Å². The molecule has 2 aromatic rings. The van der Waals surface area contributed by atoms with E-state index in [9.17, 15) is 4.79 Å². The number of nitrogens with zero attached hydrogens (tertiary/aromatic N) is 2. The van der Waals surface area contributed by atoms with Crippen molar-refractivity contribution in [3.8, 4) is 0 Å². The van der Waals surface area contributed by atoms with Gasteiger partial charge in [-0.15, -0.1) is 0 Å². The first-order valence-corrected chi connectivity index (χ1v) is 9.00. The maximum Gasteiger partial charge on any atom is 0.322 e. The molecule has 6 nitrogen and oxygen atoms in total. The van der Waals surface area contributed by atoms with Gasteiger partial charge >= 0.3 is 6.03 Å². The minimum absolute atomic E-state index is 0.0475. The Balaban J connectivity index is 1.53. The van der Waals surface area contributed by atoms with Crippen molar-refractivity contribution in [2.75, 3.05) is 11.9 Å².